The molecule has 2 unspecified atom stereocenters. The highest BCUT2D eigenvalue weighted by Crippen LogP contribution is 2.30. The molecule has 0 spiro atoms. The minimum atomic E-state index is -0.363. The normalized spacial score (nSPS) is 32.4. The van der Waals surface area contributed by atoms with Crippen LogP contribution >= 0.6 is 0 Å². The summed E-state index contributed by atoms with van der Waals surface area (Å²) in [5, 5.41) is 12.6. The van der Waals surface area contributed by atoms with E-state index in [4.69, 9.17) is 5.73 Å². The number of nitrogens with one attached hydrogen (secondary N) is 1. The van der Waals surface area contributed by atoms with E-state index in [0.29, 0.717) is 0 Å². The number of carbonyl (C=O) groups is 1. The van der Waals surface area contributed by atoms with Crippen LogP contribution in [-0.4, -0.2) is 29.2 Å². The third-order valence-electron chi connectivity index (χ3n) is 4.41. The minimum absolute atomic E-state index is 0.00864. The van der Waals surface area contributed by atoms with Crippen molar-refractivity contribution >= 4 is 5.91 Å². The molecule has 4 nitrogen and oxygen atoms in total. The van der Waals surface area contributed by atoms with Crippen molar-refractivity contribution in [2.45, 2.75) is 62.9 Å². The average molecular weight is 240 g/mol. The van der Waals surface area contributed by atoms with Gasteiger partial charge in [-0.1, -0.05) is 25.7 Å². The maximum absolute atomic E-state index is 12.2. The summed E-state index contributed by atoms with van der Waals surface area (Å²) >= 11 is 0. The summed E-state index contributed by atoms with van der Waals surface area (Å²) in [5.74, 6) is 0.0197. The van der Waals surface area contributed by atoms with Crippen LogP contribution in [0.15, 0.2) is 0 Å². The monoisotopic (exact) mass is 240 g/mol. The van der Waals surface area contributed by atoms with E-state index in [1.165, 1.54) is 6.42 Å². The number of hydrogen-bond donors (Lipinski definition) is 3. The average Bonchev–Trinajstić information content (AvgIpc) is 2.77. The largest absolute Gasteiger partial charge is 0.394 e. The van der Waals surface area contributed by atoms with Crippen LogP contribution < -0.4 is 11.1 Å². The van der Waals surface area contributed by atoms with Gasteiger partial charge >= 0.3 is 0 Å². The van der Waals surface area contributed by atoms with Crippen molar-refractivity contribution in [1.29, 1.82) is 0 Å². The molecule has 98 valence electrons. The molecule has 4 N–H and O–H groups in total. The second-order valence-corrected chi connectivity index (χ2v) is 5.69. The lowest BCUT2D eigenvalue weighted by molar-refractivity contribution is -0.128. The van der Waals surface area contributed by atoms with Crippen LogP contribution in [0.5, 0.6) is 0 Å². The van der Waals surface area contributed by atoms with Crippen LogP contribution in [-0.2, 0) is 4.79 Å². The molecule has 2 saturated carbocycles. The summed E-state index contributed by atoms with van der Waals surface area (Å²) in [6.07, 6.45) is 8.09. The van der Waals surface area contributed by atoms with Gasteiger partial charge in [0.25, 0.3) is 0 Å². The Bertz CT molecular complexity index is 275. The van der Waals surface area contributed by atoms with E-state index in [9.17, 15) is 9.90 Å². The van der Waals surface area contributed by atoms with Crippen molar-refractivity contribution in [3.05, 3.63) is 0 Å². The van der Waals surface area contributed by atoms with Crippen LogP contribution in [0.3, 0.4) is 0 Å². The summed E-state index contributed by atoms with van der Waals surface area (Å²) in [5.41, 5.74) is 5.58. The van der Waals surface area contributed by atoms with E-state index in [1.807, 2.05) is 0 Å². The molecule has 0 aromatic heterocycles. The van der Waals surface area contributed by atoms with Gasteiger partial charge in [-0.25, -0.2) is 0 Å². The SMILES string of the molecule is NC1CCCC1C(=O)NC1(CO)CCCCC1. The van der Waals surface area contributed by atoms with Crippen molar-refractivity contribution in [2.24, 2.45) is 11.7 Å². The summed E-state index contributed by atoms with van der Waals surface area (Å²) in [6, 6.07) is 0.00864. The number of aliphatic hydroxyl groups is 1. The zero-order chi connectivity index (χ0) is 12.3. The van der Waals surface area contributed by atoms with Gasteiger partial charge in [0.1, 0.15) is 0 Å². The quantitative estimate of drug-likeness (QED) is 0.687. The fourth-order valence-corrected chi connectivity index (χ4v) is 3.22. The number of hydrogen-bond acceptors (Lipinski definition) is 3. The Hall–Kier alpha value is -0.610. The second kappa shape index (κ2) is 5.36. The second-order valence-electron chi connectivity index (χ2n) is 5.69. The first-order chi connectivity index (χ1) is 8.17. The van der Waals surface area contributed by atoms with Crippen LogP contribution in [0.25, 0.3) is 0 Å². The summed E-state index contributed by atoms with van der Waals surface area (Å²) in [6.45, 7) is 0.0562. The first-order valence-corrected chi connectivity index (χ1v) is 6.85. The van der Waals surface area contributed by atoms with Gasteiger partial charge in [0.15, 0.2) is 0 Å². The van der Waals surface area contributed by atoms with Crippen molar-refractivity contribution in [3.8, 4) is 0 Å². The predicted molar refractivity (Wildman–Crippen MR) is 66.4 cm³/mol. The predicted octanol–water partition coefficient (Wildman–Crippen LogP) is 0.925. The van der Waals surface area contributed by atoms with Gasteiger partial charge in [0, 0.05) is 6.04 Å². The molecule has 0 bridgehead atoms. The molecule has 0 aromatic rings. The van der Waals surface area contributed by atoms with E-state index < -0.39 is 0 Å². The van der Waals surface area contributed by atoms with E-state index in [1.54, 1.807) is 0 Å². The Kier molecular flexibility index (Phi) is 4.05. The van der Waals surface area contributed by atoms with E-state index in [-0.39, 0.29) is 30.0 Å². The Balaban J connectivity index is 1.95. The summed E-state index contributed by atoms with van der Waals surface area (Å²) in [7, 11) is 0. The highest BCUT2D eigenvalue weighted by molar-refractivity contribution is 5.80. The smallest absolute Gasteiger partial charge is 0.225 e. The maximum atomic E-state index is 12.2. The summed E-state index contributed by atoms with van der Waals surface area (Å²) in [4.78, 5) is 12.2. The fraction of sp³-hybridized carbons (Fsp3) is 0.923. The van der Waals surface area contributed by atoms with E-state index in [0.717, 1.165) is 44.9 Å². The number of nitrogens with two attached hydrogens (primary N) is 1. The molecule has 1 amide bonds. The Labute approximate surface area is 103 Å². The van der Waals surface area contributed by atoms with Gasteiger partial charge in [-0.15, -0.1) is 0 Å². The van der Waals surface area contributed by atoms with Crippen LogP contribution in [0.2, 0.25) is 0 Å². The molecule has 4 heteroatoms. The topological polar surface area (TPSA) is 75.4 Å². The Morgan fingerprint density at radius 3 is 2.47 bits per heavy atom. The molecule has 0 aliphatic heterocycles. The number of amides is 1. The lowest BCUT2D eigenvalue weighted by Gasteiger charge is -2.37. The lowest BCUT2D eigenvalue weighted by atomic mass is 9.81. The zero-order valence-corrected chi connectivity index (χ0v) is 10.5. The van der Waals surface area contributed by atoms with Crippen LogP contribution in [0, 0.1) is 5.92 Å². The third kappa shape index (κ3) is 2.80. The Morgan fingerprint density at radius 1 is 1.24 bits per heavy atom. The lowest BCUT2D eigenvalue weighted by Crippen LogP contribution is -2.55. The first-order valence-electron chi connectivity index (χ1n) is 6.85. The molecule has 2 fully saturated rings. The van der Waals surface area contributed by atoms with Gasteiger partial charge in [0.2, 0.25) is 5.91 Å². The number of carbonyl (C=O) groups excluding carboxylic acids is 1. The van der Waals surface area contributed by atoms with Gasteiger partial charge in [-0.2, -0.15) is 0 Å². The van der Waals surface area contributed by atoms with Gasteiger partial charge in [-0.05, 0) is 25.7 Å². The molecule has 2 aliphatic carbocycles. The molecular formula is C13H24N2O2. The van der Waals surface area contributed by atoms with Crippen LogP contribution in [0.4, 0.5) is 0 Å². The van der Waals surface area contributed by atoms with Crippen molar-refractivity contribution < 1.29 is 9.90 Å². The fourth-order valence-electron chi connectivity index (χ4n) is 3.22. The molecular weight excluding hydrogens is 216 g/mol. The molecule has 2 rings (SSSR count). The standard InChI is InChI=1S/C13H24N2O2/c14-11-6-4-5-10(11)12(17)15-13(9-16)7-2-1-3-8-13/h10-11,16H,1-9,14H2,(H,15,17). The van der Waals surface area contributed by atoms with E-state index in [2.05, 4.69) is 5.32 Å². The third-order valence-corrected chi connectivity index (χ3v) is 4.41. The molecule has 0 aromatic carbocycles. The molecule has 0 saturated heterocycles. The zero-order valence-electron chi connectivity index (χ0n) is 10.5. The van der Waals surface area contributed by atoms with Gasteiger partial charge < -0.3 is 16.2 Å². The molecule has 2 aliphatic rings. The molecule has 0 heterocycles. The number of rotatable bonds is 3. The van der Waals surface area contributed by atoms with Crippen molar-refractivity contribution in [1.82, 2.24) is 5.32 Å². The van der Waals surface area contributed by atoms with Crippen molar-refractivity contribution in [3.63, 3.8) is 0 Å². The molecule has 17 heavy (non-hydrogen) atoms. The highest BCUT2D eigenvalue weighted by Gasteiger charge is 2.37. The first kappa shape index (κ1) is 12.8. The maximum Gasteiger partial charge on any atom is 0.225 e. The van der Waals surface area contributed by atoms with Gasteiger partial charge in [0.05, 0.1) is 18.1 Å². The molecule has 0 radical (unpaired) electrons. The number of aliphatic hydroxyl groups excluding tert-OH is 1. The Morgan fingerprint density at radius 2 is 1.94 bits per heavy atom. The van der Waals surface area contributed by atoms with Gasteiger partial charge in [-0.3, -0.25) is 4.79 Å². The summed E-state index contributed by atoms with van der Waals surface area (Å²) < 4.78 is 0. The van der Waals surface area contributed by atoms with E-state index >= 15 is 0 Å². The van der Waals surface area contributed by atoms with Crippen LogP contribution in [0.1, 0.15) is 51.4 Å². The highest BCUT2D eigenvalue weighted by atomic mass is 16.3. The molecule has 2 atom stereocenters. The minimum Gasteiger partial charge on any atom is -0.394 e. The van der Waals surface area contributed by atoms with Crippen molar-refractivity contribution in [2.75, 3.05) is 6.61 Å².